The summed E-state index contributed by atoms with van der Waals surface area (Å²) >= 11 is 0. The van der Waals surface area contributed by atoms with Crippen molar-refractivity contribution in [2.24, 2.45) is 11.8 Å². The van der Waals surface area contributed by atoms with Crippen molar-refractivity contribution in [2.45, 2.75) is 12.8 Å². The standard InChI is InChI=1S/C16H19FN2O2.ClH/c17-14-3-1-11(2-4-14)15(20)5-6-16(21)19-9-12-7-18-8-13(12)10-19;/h1-4,12-13,18H,5-10H2;1H/t12-,13+;. The minimum atomic E-state index is -0.361. The lowest BCUT2D eigenvalue weighted by molar-refractivity contribution is -0.130. The second kappa shape index (κ2) is 7.20. The minimum Gasteiger partial charge on any atom is -0.342 e. The minimum absolute atomic E-state index is 0. The molecule has 2 saturated heterocycles. The van der Waals surface area contributed by atoms with Crippen LogP contribution in [0.1, 0.15) is 23.2 Å². The van der Waals surface area contributed by atoms with E-state index in [1.54, 1.807) is 0 Å². The Labute approximate surface area is 135 Å². The van der Waals surface area contributed by atoms with Crippen LogP contribution in [0.3, 0.4) is 0 Å². The van der Waals surface area contributed by atoms with Gasteiger partial charge in [-0.2, -0.15) is 0 Å². The SMILES string of the molecule is Cl.O=C(CCC(=O)N1C[C@H]2CNC[C@H]2C1)c1ccc(F)cc1. The summed E-state index contributed by atoms with van der Waals surface area (Å²) in [6, 6.07) is 5.47. The number of hydrogen-bond donors (Lipinski definition) is 1. The van der Waals surface area contributed by atoms with Crippen molar-refractivity contribution in [3.63, 3.8) is 0 Å². The maximum atomic E-state index is 12.8. The van der Waals surface area contributed by atoms with Gasteiger partial charge in [0, 0.05) is 44.6 Å². The first kappa shape index (κ1) is 16.9. The number of nitrogens with zero attached hydrogens (tertiary/aromatic N) is 1. The quantitative estimate of drug-likeness (QED) is 0.860. The third-order valence-corrected chi connectivity index (χ3v) is 4.47. The van der Waals surface area contributed by atoms with Crippen molar-refractivity contribution in [1.29, 1.82) is 0 Å². The van der Waals surface area contributed by atoms with Gasteiger partial charge in [-0.15, -0.1) is 12.4 Å². The first-order valence-electron chi connectivity index (χ1n) is 7.41. The van der Waals surface area contributed by atoms with Crippen LogP contribution in [0.5, 0.6) is 0 Å². The molecule has 2 atom stereocenters. The molecule has 1 N–H and O–H groups in total. The van der Waals surface area contributed by atoms with Crippen LogP contribution in [0.2, 0.25) is 0 Å². The van der Waals surface area contributed by atoms with Crippen LogP contribution in [0, 0.1) is 17.7 Å². The van der Waals surface area contributed by atoms with Crippen LogP contribution >= 0.6 is 12.4 Å². The largest absolute Gasteiger partial charge is 0.342 e. The Morgan fingerprint density at radius 2 is 1.68 bits per heavy atom. The molecule has 22 heavy (non-hydrogen) atoms. The van der Waals surface area contributed by atoms with Gasteiger partial charge < -0.3 is 10.2 Å². The van der Waals surface area contributed by atoms with E-state index in [-0.39, 0.29) is 42.8 Å². The highest BCUT2D eigenvalue weighted by molar-refractivity contribution is 5.97. The molecule has 0 unspecified atom stereocenters. The lowest BCUT2D eigenvalue weighted by atomic mass is 10.0. The number of benzene rings is 1. The van der Waals surface area contributed by atoms with Gasteiger partial charge in [0.05, 0.1) is 0 Å². The second-order valence-corrected chi connectivity index (χ2v) is 5.91. The van der Waals surface area contributed by atoms with Gasteiger partial charge in [0.15, 0.2) is 5.78 Å². The summed E-state index contributed by atoms with van der Waals surface area (Å²) in [5.41, 5.74) is 0.465. The Morgan fingerprint density at radius 3 is 2.27 bits per heavy atom. The molecule has 3 rings (SSSR count). The molecule has 0 aromatic heterocycles. The summed E-state index contributed by atoms with van der Waals surface area (Å²) in [5, 5.41) is 3.34. The molecule has 1 aromatic carbocycles. The van der Waals surface area contributed by atoms with E-state index in [1.807, 2.05) is 4.90 Å². The molecule has 0 bridgehead atoms. The van der Waals surface area contributed by atoms with Crippen LogP contribution in [-0.4, -0.2) is 42.8 Å². The van der Waals surface area contributed by atoms with Crippen LogP contribution < -0.4 is 5.32 Å². The van der Waals surface area contributed by atoms with Crippen molar-refractivity contribution in [2.75, 3.05) is 26.2 Å². The number of amides is 1. The molecule has 2 aliphatic rings. The Balaban J connectivity index is 0.00000176. The van der Waals surface area contributed by atoms with E-state index in [4.69, 9.17) is 0 Å². The molecular weight excluding hydrogens is 307 g/mol. The number of rotatable bonds is 4. The summed E-state index contributed by atoms with van der Waals surface area (Å²) in [7, 11) is 0. The summed E-state index contributed by atoms with van der Waals surface area (Å²) in [6.45, 7) is 3.59. The highest BCUT2D eigenvalue weighted by Crippen LogP contribution is 2.26. The number of hydrogen-bond acceptors (Lipinski definition) is 3. The number of fused-ring (bicyclic) bond motifs is 1. The topological polar surface area (TPSA) is 49.4 Å². The van der Waals surface area contributed by atoms with Crippen LogP contribution in [0.25, 0.3) is 0 Å². The molecule has 1 amide bonds. The van der Waals surface area contributed by atoms with Crippen molar-refractivity contribution < 1.29 is 14.0 Å². The van der Waals surface area contributed by atoms with Crippen LogP contribution in [0.4, 0.5) is 4.39 Å². The molecule has 1 aromatic rings. The zero-order valence-corrected chi connectivity index (χ0v) is 13.1. The highest BCUT2D eigenvalue weighted by Gasteiger charge is 2.37. The maximum absolute atomic E-state index is 12.8. The van der Waals surface area contributed by atoms with Gasteiger partial charge in [0.25, 0.3) is 0 Å². The predicted molar refractivity (Wildman–Crippen MR) is 83.6 cm³/mol. The van der Waals surface area contributed by atoms with Gasteiger partial charge in [-0.3, -0.25) is 9.59 Å². The third-order valence-electron chi connectivity index (χ3n) is 4.47. The van der Waals surface area contributed by atoms with E-state index in [2.05, 4.69) is 5.32 Å². The van der Waals surface area contributed by atoms with Crippen molar-refractivity contribution >= 4 is 24.1 Å². The van der Waals surface area contributed by atoms with E-state index in [1.165, 1.54) is 24.3 Å². The molecule has 2 aliphatic heterocycles. The summed E-state index contributed by atoms with van der Waals surface area (Å²) in [6.07, 6.45) is 0.428. The average Bonchev–Trinajstić information content (AvgIpc) is 3.06. The first-order chi connectivity index (χ1) is 10.1. The average molecular weight is 327 g/mol. The Morgan fingerprint density at radius 1 is 1.09 bits per heavy atom. The molecule has 2 fully saturated rings. The van der Waals surface area contributed by atoms with Crippen molar-refractivity contribution in [1.82, 2.24) is 10.2 Å². The van der Waals surface area contributed by atoms with Crippen molar-refractivity contribution in [3.8, 4) is 0 Å². The fourth-order valence-corrected chi connectivity index (χ4v) is 3.22. The van der Waals surface area contributed by atoms with E-state index < -0.39 is 0 Å². The molecular formula is C16H20ClFN2O2. The molecule has 0 saturated carbocycles. The summed E-state index contributed by atoms with van der Waals surface area (Å²) in [4.78, 5) is 26.0. The van der Waals surface area contributed by atoms with E-state index in [0.29, 0.717) is 17.4 Å². The van der Waals surface area contributed by atoms with Gasteiger partial charge >= 0.3 is 0 Å². The van der Waals surface area contributed by atoms with E-state index in [9.17, 15) is 14.0 Å². The molecule has 6 heteroatoms. The molecule has 120 valence electrons. The number of likely N-dealkylation sites (tertiary alicyclic amines) is 1. The molecule has 0 spiro atoms. The lowest BCUT2D eigenvalue weighted by Gasteiger charge is -2.17. The number of ketones is 1. The highest BCUT2D eigenvalue weighted by atomic mass is 35.5. The Kier molecular flexibility index (Phi) is 5.53. The first-order valence-corrected chi connectivity index (χ1v) is 7.41. The lowest BCUT2D eigenvalue weighted by Crippen LogP contribution is -2.32. The van der Waals surface area contributed by atoms with Gasteiger partial charge in [-0.25, -0.2) is 4.39 Å². The molecule has 4 nitrogen and oxygen atoms in total. The monoisotopic (exact) mass is 326 g/mol. The summed E-state index contributed by atoms with van der Waals surface area (Å²) < 4.78 is 12.8. The fourth-order valence-electron chi connectivity index (χ4n) is 3.22. The number of nitrogens with one attached hydrogen (secondary N) is 1. The van der Waals surface area contributed by atoms with Crippen molar-refractivity contribution in [3.05, 3.63) is 35.6 Å². The zero-order valence-electron chi connectivity index (χ0n) is 12.3. The van der Waals surface area contributed by atoms with Gasteiger partial charge in [-0.05, 0) is 36.1 Å². The zero-order chi connectivity index (χ0) is 14.8. The van der Waals surface area contributed by atoms with Crippen LogP contribution in [0.15, 0.2) is 24.3 Å². The van der Waals surface area contributed by atoms with E-state index >= 15 is 0 Å². The van der Waals surface area contributed by atoms with Gasteiger partial charge in [0.2, 0.25) is 5.91 Å². The Bertz CT molecular complexity index is 538. The number of carbonyl (C=O) groups is 2. The smallest absolute Gasteiger partial charge is 0.223 e. The normalized spacial score (nSPS) is 23.0. The number of Topliss-reactive ketones (excluding diaryl/α,β-unsaturated/α-hetero) is 1. The second-order valence-electron chi connectivity index (χ2n) is 5.91. The number of halogens is 2. The fraction of sp³-hybridized carbons (Fsp3) is 0.500. The number of carbonyl (C=O) groups excluding carboxylic acids is 2. The van der Waals surface area contributed by atoms with Gasteiger partial charge in [0.1, 0.15) is 5.82 Å². The predicted octanol–water partition coefficient (Wildman–Crippen LogP) is 1.89. The summed E-state index contributed by atoms with van der Waals surface area (Å²) in [5.74, 6) is 0.729. The van der Waals surface area contributed by atoms with Crippen LogP contribution in [-0.2, 0) is 4.79 Å². The Hall–Kier alpha value is -1.46. The molecule has 2 heterocycles. The third kappa shape index (κ3) is 3.65. The molecule has 0 radical (unpaired) electrons. The van der Waals surface area contributed by atoms with Gasteiger partial charge in [-0.1, -0.05) is 0 Å². The molecule has 0 aliphatic carbocycles. The maximum Gasteiger partial charge on any atom is 0.223 e. The van der Waals surface area contributed by atoms with E-state index in [0.717, 1.165) is 26.2 Å².